The maximum absolute atomic E-state index is 13.9. The van der Waals surface area contributed by atoms with E-state index in [1.54, 1.807) is 65.4 Å². The second-order valence-corrected chi connectivity index (χ2v) is 10.6. The minimum atomic E-state index is -1.81. The Hall–Kier alpha value is -4.21. The number of pyridine rings is 1. The van der Waals surface area contributed by atoms with Gasteiger partial charge in [0.15, 0.2) is 11.4 Å². The number of hydrogen-bond acceptors (Lipinski definition) is 6. The van der Waals surface area contributed by atoms with Crippen LogP contribution < -0.4 is 15.2 Å². The number of rotatable bonds is 9. The number of fused-ring (bicyclic) bond motifs is 1. The van der Waals surface area contributed by atoms with E-state index >= 15 is 0 Å². The smallest absolute Gasteiger partial charge is 0.297 e. The van der Waals surface area contributed by atoms with Crippen molar-refractivity contribution in [3.8, 4) is 11.4 Å². The summed E-state index contributed by atoms with van der Waals surface area (Å²) in [6, 6.07) is 17.7. The summed E-state index contributed by atoms with van der Waals surface area (Å²) in [4.78, 5) is 42.6. The van der Waals surface area contributed by atoms with E-state index in [9.17, 15) is 24.6 Å². The molecular formula is C32H35N3O6. The van der Waals surface area contributed by atoms with Crippen LogP contribution in [0.5, 0.6) is 5.75 Å². The van der Waals surface area contributed by atoms with E-state index in [-0.39, 0.29) is 42.8 Å². The van der Waals surface area contributed by atoms with Crippen LogP contribution in [0, 0.1) is 5.92 Å². The first-order valence-electron chi connectivity index (χ1n) is 13.9. The average Bonchev–Trinajstić information content (AvgIpc) is 3.56. The zero-order chi connectivity index (χ0) is 29.1. The zero-order valence-corrected chi connectivity index (χ0v) is 23.3. The van der Waals surface area contributed by atoms with Crippen molar-refractivity contribution in [1.82, 2.24) is 9.47 Å². The SMILES string of the molecule is COc1cccn(-c2cccc(CN3C(=O)[C@](O)([C@H](C)/C=C/CC(=O)N4CCC[C@H]4CO)c4ccccc43)c2)c1=O. The van der Waals surface area contributed by atoms with E-state index in [1.807, 2.05) is 30.3 Å². The Bertz CT molecular complexity index is 1530. The Kier molecular flexibility index (Phi) is 8.10. The van der Waals surface area contributed by atoms with Crippen molar-refractivity contribution in [3.63, 3.8) is 0 Å². The summed E-state index contributed by atoms with van der Waals surface area (Å²) in [7, 11) is 1.45. The van der Waals surface area contributed by atoms with Crippen molar-refractivity contribution in [2.24, 2.45) is 5.92 Å². The second-order valence-electron chi connectivity index (χ2n) is 10.6. The molecule has 2 aliphatic rings. The first-order valence-corrected chi connectivity index (χ1v) is 13.9. The summed E-state index contributed by atoms with van der Waals surface area (Å²) in [5.41, 5.74) is 0.432. The number of aromatic nitrogens is 1. The van der Waals surface area contributed by atoms with Gasteiger partial charge in [0.1, 0.15) is 0 Å². The normalized spacial score (nSPS) is 21.0. The van der Waals surface area contributed by atoms with Crippen LogP contribution in [0.2, 0.25) is 0 Å². The first kappa shape index (κ1) is 28.3. The highest BCUT2D eigenvalue weighted by Gasteiger charge is 2.52. The van der Waals surface area contributed by atoms with Gasteiger partial charge in [-0.2, -0.15) is 0 Å². The van der Waals surface area contributed by atoms with Crippen molar-refractivity contribution in [2.75, 3.05) is 25.2 Å². The third kappa shape index (κ3) is 5.18. The summed E-state index contributed by atoms with van der Waals surface area (Å²) < 4.78 is 6.65. The molecule has 5 rings (SSSR count). The number of aliphatic hydroxyl groups is 2. The fourth-order valence-corrected chi connectivity index (χ4v) is 5.86. The average molecular weight is 558 g/mol. The van der Waals surface area contributed by atoms with Crippen molar-refractivity contribution in [2.45, 2.75) is 44.4 Å². The molecule has 9 heteroatoms. The summed E-state index contributed by atoms with van der Waals surface area (Å²) in [5, 5.41) is 21.4. The van der Waals surface area contributed by atoms with Gasteiger partial charge in [0.05, 0.1) is 32.0 Å². The van der Waals surface area contributed by atoms with Crippen LogP contribution >= 0.6 is 0 Å². The lowest BCUT2D eigenvalue weighted by molar-refractivity contribution is -0.139. The third-order valence-corrected chi connectivity index (χ3v) is 8.12. The minimum Gasteiger partial charge on any atom is -0.491 e. The van der Waals surface area contributed by atoms with E-state index in [4.69, 9.17) is 4.74 Å². The molecule has 0 aliphatic carbocycles. The number of likely N-dealkylation sites (tertiary alicyclic amines) is 1. The molecule has 0 radical (unpaired) electrons. The molecule has 214 valence electrons. The number of amides is 2. The highest BCUT2D eigenvalue weighted by molar-refractivity contribution is 6.07. The predicted molar refractivity (Wildman–Crippen MR) is 155 cm³/mol. The number of nitrogens with zero attached hydrogens (tertiary/aromatic N) is 3. The molecule has 2 N–H and O–H groups in total. The van der Waals surface area contributed by atoms with E-state index in [2.05, 4.69) is 0 Å². The number of methoxy groups -OCH3 is 1. The molecule has 1 fully saturated rings. The molecule has 3 atom stereocenters. The largest absolute Gasteiger partial charge is 0.491 e. The van der Waals surface area contributed by atoms with Crippen LogP contribution in [0.4, 0.5) is 5.69 Å². The molecule has 0 unspecified atom stereocenters. The van der Waals surface area contributed by atoms with Crippen molar-refractivity contribution >= 4 is 17.5 Å². The Labute approximate surface area is 238 Å². The molecule has 2 amide bonds. The fourth-order valence-electron chi connectivity index (χ4n) is 5.86. The van der Waals surface area contributed by atoms with Gasteiger partial charge in [-0.1, -0.05) is 49.4 Å². The van der Waals surface area contributed by atoms with Gasteiger partial charge in [-0.3, -0.25) is 19.0 Å². The molecule has 2 aromatic carbocycles. The van der Waals surface area contributed by atoms with Crippen LogP contribution in [0.3, 0.4) is 0 Å². The molecule has 1 saturated heterocycles. The maximum Gasteiger partial charge on any atom is 0.297 e. The molecule has 3 aromatic rings. The summed E-state index contributed by atoms with van der Waals surface area (Å²) in [6.45, 7) is 2.54. The van der Waals surface area contributed by atoms with Crippen LogP contribution in [0.1, 0.15) is 37.3 Å². The molecule has 0 bridgehead atoms. The van der Waals surface area contributed by atoms with Crippen molar-refractivity contribution in [1.29, 1.82) is 0 Å². The highest BCUT2D eigenvalue weighted by Crippen LogP contribution is 2.45. The topological polar surface area (TPSA) is 112 Å². The van der Waals surface area contributed by atoms with E-state index < -0.39 is 17.4 Å². The van der Waals surface area contributed by atoms with Gasteiger partial charge in [0.25, 0.3) is 11.5 Å². The molecule has 9 nitrogen and oxygen atoms in total. The van der Waals surface area contributed by atoms with Crippen molar-refractivity contribution in [3.05, 3.63) is 100 Å². The number of carbonyl (C=O) groups excluding carboxylic acids is 2. The van der Waals surface area contributed by atoms with Crippen LogP contribution in [0.25, 0.3) is 5.69 Å². The number of carbonyl (C=O) groups is 2. The monoisotopic (exact) mass is 557 g/mol. The van der Waals surface area contributed by atoms with Gasteiger partial charge in [-0.25, -0.2) is 0 Å². The quantitative estimate of drug-likeness (QED) is 0.391. The lowest BCUT2D eigenvalue weighted by Crippen LogP contribution is -2.44. The van der Waals surface area contributed by atoms with Crippen LogP contribution in [-0.2, 0) is 21.7 Å². The van der Waals surface area contributed by atoms with Crippen LogP contribution in [0.15, 0.2) is 83.8 Å². The molecule has 3 heterocycles. The number of aliphatic hydroxyl groups excluding tert-OH is 1. The number of para-hydroxylation sites is 1. The second kappa shape index (κ2) is 11.7. The molecule has 41 heavy (non-hydrogen) atoms. The Morgan fingerprint density at radius 1 is 1.15 bits per heavy atom. The van der Waals surface area contributed by atoms with Gasteiger partial charge in [0.2, 0.25) is 5.91 Å². The molecular weight excluding hydrogens is 522 g/mol. The molecule has 2 aliphatic heterocycles. The predicted octanol–water partition coefficient (Wildman–Crippen LogP) is 3.15. The van der Waals surface area contributed by atoms with Gasteiger partial charge < -0.3 is 24.7 Å². The maximum atomic E-state index is 13.9. The zero-order valence-electron chi connectivity index (χ0n) is 23.3. The Balaban J connectivity index is 1.37. The van der Waals surface area contributed by atoms with Gasteiger partial charge in [-0.15, -0.1) is 0 Å². The molecule has 0 spiro atoms. The first-order chi connectivity index (χ1) is 19.8. The van der Waals surface area contributed by atoms with Gasteiger partial charge >= 0.3 is 0 Å². The minimum absolute atomic E-state index is 0.0497. The van der Waals surface area contributed by atoms with Crippen LogP contribution in [-0.4, -0.2) is 57.8 Å². The summed E-state index contributed by atoms with van der Waals surface area (Å²) in [6.07, 6.45) is 6.87. The lowest BCUT2D eigenvalue weighted by Gasteiger charge is -2.28. The van der Waals surface area contributed by atoms with E-state index in [0.717, 1.165) is 18.4 Å². The molecule has 0 saturated carbocycles. The number of benzene rings is 2. The van der Waals surface area contributed by atoms with Crippen molar-refractivity contribution < 1.29 is 24.5 Å². The fraction of sp³-hybridized carbons (Fsp3) is 0.344. The summed E-state index contributed by atoms with van der Waals surface area (Å²) in [5.74, 6) is -0.912. The van der Waals surface area contributed by atoms with Gasteiger partial charge in [-0.05, 0) is 48.7 Å². The third-order valence-electron chi connectivity index (χ3n) is 8.12. The lowest BCUT2D eigenvalue weighted by atomic mass is 9.83. The summed E-state index contributed by atoms with van der Waals surface area (Å²) >= 11 is 0. The Morgan fingerprint density at radius 2 is 1.95 bits per heavy atom. The Morgan fingerprint density at radius 3 is 2.73 bits per heavy atom. The van der Waals surface area contributed by atoms with E-state index in [1.165, 1.54) is 11.7 Å². The standard InChI is InChI=1S/C32H35N3O6/c1-22(9-5-16-29(37)33-17-7-12-25(33)21-36)32(40)26-13-3-4-14-27(26)35(31(32)39)20-23-10-6-11-24(19-23)34-18-8-15-28(41-2)30(34)38/h3-6,8-11,13-15,18-19,22,25,36,40H,7,12,16-17,20-21H2,1-2H3/b9-5+/t22-,25+,32+/m1/s1. The number of hydrogen-bond donors (Lipinski definition) is 2. The van der Waals surface area contributed by atoms with Gasteiger partial charge in [0, 0.05) is 36.3 Å². The van der Waals surface area contributed by atoms with E-state index in [0.29, 0.717) is 23.5 Å². The number of anilines is 1. The number of ether oxygens (including phenoxy) is 1. The highest BCUT2D eigenvalue weighted by atomic mass is 16.5. The molecule has 1 aromatic heterocycles.